The predicted molar refractivity (Wildman–Crippen MR) is 85.3 cm³/mol. The molecule has 0 aliphatic carbocycles. The highest BCUT2D eigenvalue weighted by atomic mass is 127. The summed E-state index contributed by atoms with van der Waals surface area (Å²) in [5.41, 5.74) is 1.07. The summed E-state index contributed by atoms with van der Waals surface area (Å²) in [6.45, 7) is 1.00. The van der Waals surface area contributed by atoms with E-state index in [9.17, 15) is 0 Å². The van der Waals surface area contributed by atoms with Crippen molar-refractivity contribution < 1.29 is 0 Å². The second-order valence-corrected chi connectivity index (χ2v) is 6.49. The second kappa shape index (κ2) is 6.79. The van der Waals surface area contributed by atoms with Gasteiger partial charge in [-0.15, -0.1) is 10.2 Å². The van der Waals surface area contributed by atoms with E-state index in [1.807, 2.05) is 25.2 Å². The average Bonchev–Trinajstić information content (AvgIpc) is 2.81. The molecule has 96 valence electrons. The third kappa shape index (κ3) is 3.63. The molecule has 6 heteroatoms. The number of halogens is 2. The van der Waals surface area contributed by atoms with Crippen molar-refractivity contribution in [1.29, 1.82) is 0 Å². The summed E-state index contributed by atoms with van der Waals surface area (Å²) in [4.78, 5) is 0. The predicted octanol–water partition coefficient (Wildman–Crippen LogP) is 3.62. The van der Waals surface area contributed by atoms with Gasteiger partial charge in [0.15, 0.2) is 0 Å². The van der Waals surface area contributed by atoms with Gasteiger partial charge in [-0.2, -0.15) is 0 Å². The number of rotatable bonds is 5. The Morgan fingerprint density at radius 3 is 3.00 bits per heavy atom. The molecule has 2 aromatic rings. The summed E-state index contributed by atoms with van der Waals surface area (Å²) < 4.78 is 1.15. The Morgan fingerprint density at radius 2 is 2.22 bits per heavy atom. The first kappa shape index (κ1) is 14.2. The number of aryl methyl sites for hydroxylation is 1. The fourth-order valence-corrected chi connectivity index (χ4v) is 3.40. The summed E-state index contributed by atoms with van der Waals surface area (Å²) in [6.07, 6.45) is 2.05. The Balaban J connectivity index is 2.16. The van der Waals surface area contributed by atoms with Crippen molar-refractivity contribution in [3.8, 4) is 10.6 Å². The largest absolute Gasteiger partial charge is 0.320 e. The molecule has 0 unspecified atom stereocenters. The number of benzene rings is 1. The molecule has 0 bridgehead atoms. The van der Waals surface area contributed by atoms with Gasteiger partial charge in [-0.25, -0.2) is 0 Å². The average molecular weight is 394 g/mol. The highest BCUT2D eigenvalue weighted by Gasteiger charge is 2.10. The lowest BCUT2D eigenvalue weighted by Crippen LogP contribution is -2.08. The summed E-state index contributed by atoms with van der Waals surface area (Å²) in [5.74, 6) is 0. The molecule has 0 amide bonds. The van der Waals surface area contributed by atoms with Crippen molar-refractivity contribution in [3.05, 3.63) is 31.8 Å². The molecular weight excluding hydrogens is 381 g/mol. The molecule has 0 aliphatic rings. The number of aromatic nitrogens is 2. The van der Waals surface area contributed by atoms with Crippen molar-refractivity contribution in [2.24, 2.45) is 0 Å². The van der Waals surface area contributed by atoms with Crippen LogP contribution in [0.15, 0.2) is 18.2 Å². The van der Waals surface area contributed by atoms with Crippen LogP contribution in [0.3, 0.4) is 0 Å². The van der Waals surface area contributed by atoms with Crippen molar-refractivity contribution in [1.82, 2.24) is 15.5 Å². The van der Waals surface area contributed by atoms with Crippen LogP contribution in [-0.2, 0) is 6.42 Å². The van der Waals surface area contributed by atoms with Crippen LogP contribution in [0.2, 0.25) is 5.02 Å². The molecule has 18 heavy (non-hydrogen) atoms. The Labute approximate surface area is 129 Å². The van der Waals surface area contributed by atoms with E-state index in [1.54, 1.807) is 11.3 Å². The molecule has 0 radical (unpaired) electrons. The van der Waals surface area contributed by atoms with E-state index in [4.69, 9.17) is 11.6 Å². The first-order chi connectivity index (χ1) is 8.70. The van der Waals surface area contributed by atoms with E-state index in [1.165, 1.54) is 0 Å². The van der Waals surface area contributed by atoms with Gasteiger partial charge in [0.05, 0.1) is 0 Å². The third-order valence-electron chi connectivity index (χ3n) is 2.44. The number of hydrogen-bond donors (Lipinski definition) is 1. The first-order valence-corrected chi connectivity index (χ1v) is 7.90. The van der Waals surface area contributed by atoms with Crippen molar-refractivity contribution in [2.75, 3.05) is 13.6 Å². The molecule has 1 heterocycles. The summed E-state index contributed by atoms with van der Waals surface area (Å²) >= 11 is 9.96. The maximum atomic E-state index is 6.02. The van der Waals surface area contributed by atoms with Gasteiger partial charge in [-0.1, -0.05) is 22.9 Å². The van der Waals surface area contributed by atoms with Gasteiger partial charge < -0.3 is 5.32 Å². The van der Waals surface area contributed by atoms with Crippen LogP contribution in [0, 0.1) is 3.57 Å². The van der Waals surface area contributed by atoms with E-state index in [2.05, 4.69) is 38.1 Å². The lowest BCUT2D eigenvalue weighted by Gasteiger charge is -2.00. The van der Waals surface area contributed by atoms with E-state index < -0.39 is 0 Å². The number of nitrogens with zero attached hydrogens (tertiary/aromatic N) is 2. The minimum Gasteiger partial charge on any atom is -0.320 e. The third-order valence-corrected chi connectivity index (χ3v) is 4.64. The highest BCUT2D eigenvalue weighted by Crippen LogP contribution is 2.30. The molecule has 0 aliphatic heterocycles. The maximum absolute atomic E-state index is 6.02. The maximum Gasteiger partial charge on any atom is 0.148 e. The Hall–Kier alpha value is -0.240. The molecule has 0 spiro atoms. The molecule has 1 N–H and O–H groups in total. The topological polar surface area (TPSA) is 37.8 Å². The van der Waals surface area contributed by atoms with Crippen LogP contribution < -0.4 is 5.32 Å². The van der Waals surface area contributed by atoms with Gasteiger partial charge in [0.25, 0.3) is 0 Å². The van der Waals surface area contributed by atoms with Gasteiger partial charge in [0, 0.05) is 20.6 Å². The number of nitrogens with one attached hydrogen (secondary N) is 1. The van der Waals surface area contributed by atoms with E-state index in [0.717, 1.165) is 43.6 Å². The molecule has 0 saturated heterocycles. The normalized spacial score (nSPS) is 10.8. The number of hydrogen-bond acceptors (Lipinski definition) is 4. The smallest absolute Gasteiger partial charge is 0.148 e. The summed E-state index contributed by atoms with van der Waals surface area (Å²) in [6, 6.07) is 5.84. The zero-order valence-corrected chi connectivity index (χ0v) is 13.6. The molecule has 1 aromatic heterocycles. The van der Waals surface area contributed by atoms with Gasteiger partial charge in [0.2, 0.25) is 0 Å². The lowest BCUT2D eigenvalue weighted by molar-refractivity contribution is 0.718. The van der Waals surface area contributed by atoms with Crippen LogP contribution in [0.4, 0.5) is 0 Å². The Bertz CT molecular complexity index is 530. The second-order valence-electron chi connectivity index (χ2n) is 3.83. The van der Waals surface area contributed by atoms with E-state index in [-0.39, 0.29) is 0 Å². The Morgan fingerprint density at radius 1 is 1.39 bits per heavy atom. The van der Waals surface area contributed by atoms with Gasteiger partial charge >= 0.3 is 0 Å². The molecule has 2 rings (SSSR count). The van der Waals surface area contributed by atoms with Crippen LogP contribution in [0.25, 0.3) is 10.6 Å². The van der Waals surface area contributed by atoms with Gasteiger partial charge in [-0.3, -0.25) is 0 Å². The first-order valence-electron chi connectivity index (χ1n) is 5.63. The van der Waals surface area contributed by atoms with Crippen molar-refractivity contribution in [3.63, 3.8) is 0 Å². The minimum absolute atomic E-state index is 0.734. The lowest BCUT2D eigenvalue weighted by atomic mass is 10.2. The summed E-state index contributed by atoms with van der Waals surface area (Å²) in [7, 11) is 1.96. The van der Waals surface area contributed by atoms with Crippen LogP contribution in [-0.4, -0.2) is 23.8 Å². The fourth-order valence-electron chi connectivity index (χ4n) is 1.54. The van der Waals surface area contributed by atoms with Gasteiger partial charge in [0.1, 0.15) is 10.0 Å². The minimum atomic E-state index is 0.734. The quantitative estimate of drug-likeness (QED) is 0.623. The molecule has 1 aromatic carbocycles. The van der Waals surface area contributed by atoms with E-state index in [0.29, 0.717) is 0 Å². The zero-order valence-electron chi connectivity index (χ0n) is 9.91. The monoisotopic (exact) mass is 393 g/mol. The fraction of sp³-hybridized carbons (Fsp3) is 0.333. The van der Waals surface area contributed by atoms with Crippen LogP contribution in [0.1, 0.15) is 11.4 Å². The molecule has 0 fully saturated rings. The SMILES string of the molecule is CNCCCc1nnc(-c2cc(Cl)ccc2I)s1. The van der Waals surface area contributed by atoms with Crippen molar-refractivity contribution in [2.45, 2.75) is 12.8 Å². The van der Waals surface area contributed by atoms with Gasteiger partial charge in [-0.05, 0) is 60.8 Å². The van der Waals surface area contributed by atoms with Crippen molar-refractivity contribution >= 4 is 45.5 Å². The molecule has 3 nitrogen and oxygen atoms in total. The highest BCUT2D eigenvalue weighted by molar-refractivity contribution is 14.1. The molecular formula is C12H13ClIN3S. The standard InChI is InChI=1S/C12H13ClIN3S/c1-15-6-2-3-11-16-17-12(18-11)9-7-8(13)4-5-10(9)14/h4-5,7,15H,2-3,6H2,1H3. The Kier molecular flexibility index (Phi) is 5.35. The van der Waals surface area contributed by atoms with E-state index >= 15 is 0 Å². The zero-order chi connectivity index (χ0) is 13.0. The summed E-state index contributed by atoms with van der Waals surface area (Å²) in [5, 5.41) is 14.4. The van der Waals surface area contributed by atoms with Crippen LogP contribution in [0.5, 0.6) is 0 Å². The molecule has 0 saturated carbocycles. The van der Waals surface area contributed by atoms with Crippen LogP contribution >= 0.6 is 45.5 Å². The molecule has 0 atom stereocenters.